The van der Waals surface area contributed by atoms with Crippen molar-refractivity contribution < 1.29 is 27.2 Å². The Morgan fingerprint density at radius 1 is 1.09 bits per heavy atom. The fourth-order valence-electron chi connectivity index (χ4n) is 6.00. The number of pyridine rings is 1. The molecule has 0 radical (unpaired) electrons. The molecule has 4 heterocycles. The zero-order valence-electron chi connectivity index (χ0n) is 23.1. The number of nitriles is 1. The predicted octanol–water partition coefficient (Wildman–Crippen LogP) is 7.16. The summed E-state index contributed by atoms with van der Waals surface area (Å²) in [4.78, 5) is 32.6. The SMILES string of the molecule is N#Cc1c(-c2cc(NC(=O)c3cc(F)cc(C(F)(F)F)c3)c3c4c2CCN4C(=O)NC3c2cc(Cl)ccc2Cl)ccc2ncnn12. The number of anilines is 2. The van der Waals surface area contributed by atoms with Gasteiger partial charge in [0.25, 0.3) is 5.91 Å². The first-order chi connectivity index (χ1) is 21.9. The number of benzene rings is 3. The van der Waals surface area contributed by atoms with Crippen molar-refractivity contribution in [3.63, 3.8) is 0 Å². The van der Waals surface area contributed by atoms with E-state index in [0.29, 0.717) is 68.8 Å². The Morgan fingerprint density at radius 2 is 1.89 bits per heavy atom. The maximum absolute atomic E-state index is 14.3. The third kappa shape index (κ3) is 4.77. The molecule has 15 heteroatoms. The number of urea groups is 1. The van der Waals surface area contributed by atoms with Crippen LogP contribution in [-0.4, -0.2) is 33.1 Å². The van der Waals surface area contributed by atoms with Gasteiger partial charge in [-0.25, -0.2) is 18.7 Å². The number of nitrogens with zero attached hydrogens (tertiary/aromatic N) is 5. The summed E-state index contributed by atoms with van der Waals surface area (Å²) < 4.78 is 56.2. The van der Waals surface area contributed by atoms with Gasteiger partial charge < -0.3 is 10.6 Å². The number of fused-ring (bicyclic) bond motifs is 1. The molecule has 1 atom stereocenters. The summed E-state index contributed by atoms with van der Waals surface area (Å²) in [5.41, 5.74) is 1.42. The molecule has 0 fully saturated rings. The highest BCUT2D eigenvalue weighted by Gasteiger charge is 2.41. The summed E-state index contributed by atoms with van der Waals surface area (Å²) in [6, 6.07) is 11.8. The molecule has 0 spiro atoms. The molecule has 230 valence electrons. The molecule has 1 unspecified atom stereocenters. The molecule has 46 heavy (non-hydrogen) atoms. The van der Waals surface area contributed by atoms with Crippen molar-refractivity contribution in [2.75, 3.05) is 16.8 Å². The molecule has 0 saturated heterocycles. The topological polar surface area (TPSA) is 115 Å². The van der Waals surface area contributed by atoms with Gasteiger partial charge in [0.1, 0.15) is 18.2 Å². The number of carbonyl (C=O) groups excluding carboxylic acids is 2. The van der Waals surface area contributed by atoms with E-state index in [1.165, 1.54) is 15.7 Å². The fourth-order valence-corrected chi connectivity index (χ4v) is 6.40. The molecule has 0 saturated carbocycles. The zero-order chi connectivity index (χ0) is 32.5. The second-order valence-corrected chi connectivity index (χ2v) is 11.4. The monoisotopic (exact) mass is 665 g/mol. The first-order valence-electron chi connectivity index (χ1n) is 13.6. The second kappa shape index (κ2) is 10.7. The highest BCUT2D eigenvalue weighted by Crippen LogP contribution is 2.50. The summed E-state index contributed by atoms with van der Waals surface area (Å²) in [6.45, 7) is 0.251. The Kier molecular flexibility index (Phi) is 6.88. The molecule has 5 aromatic rings. The van der Waals surface area contributed by atoms with Crippen LogP contribution >= 0.6 is 23.2 Å². The molecule has 0 bridgehead atoms. The lowest BCUT2D eigenvalue weighted by atomic mass is 9.87. The van der Waals surface area contributed by atoms with Crippen molar-refractivity contribution in [3.8, 4) is 17.2 Å². The molecule has 9 nitrogen and oxygen atoms in total. The van der Waals surface area contributed by atoms with E-state index in [0.717, 1.165) is 0 Å². The summed E-state index contributed by atoms with van der Waals surface area (Å²) in [7, 11) is 0. The van der Waals surface area contributed by atoms with Crippen molar-refractivity contribution in [2.24, 2.45) is 0 Å². The van der Waals surface area contributed by atoms with Gasteiger partial charge in [-0.1, -0.05) is 23.2 Å². The molecular formula is C31H17Cl2F4N7O2. The van der Waals surface area contributed by atoms with Crippen LogP contribution in [0, 0.1) is 17.1 Å². The van der Waals surface area contributed by atoms with E-state index < -0.39 is 41.1 Å². The summed E-state index contributed by atoms with van der Waals surface area (Å²) in [5, 5.41) is 20.4. The number of rotatable bonds is 4. The van der Waals surface area contributed by atoms with Gasteiger partial charge in [-0.15, -0.1) is 0 Å². The van der Waals surface area contributed by atoms with Crippen molar-refractivity contribution >= 4 is 52.2 Å². The van der Waals surface area contributed by atoms with Gasteiger partial charge in [-0.3, -0.25) is 9.69 Å². The molecule has 2 N–H and O–H groups in total. The number of hydrogen-bond acceptors (Lipinski definition) is 5. The highest BCUT2D eigenvalue weighted by molar-refractivity contribution is 6.33. The predicted molar refractivity (Wildman–Crippen MR) is 160 cm³/mol. The van der Waals surface area contributed by atoms with Crippen molar-refractivity contribution in [2.45, 2.75) is 18.6 Å². The van der Waals surface area contributed by atoms with E-state index in [1.54, 1.807) is 36.4 Å². The Morgan fingerprint density at radius 3 is 2.65 bits per heavy atom. The molecule has 3 amide bonds. The first kappa shape index (κ1) is 29.5. The molecule has 0 aliphatic carbocycles. The van der Waals surface area contributed by atoms with Crippen LogP contribution < -0.4 is 15.5 Å². The number of alkyl halides is 3. The van der Waals surface area contributed by atoms with Gasteiger partial charge in [-0.05, 0) is 77.7 Å². The quantitative estimate of drug-likeness (QED) is 0.198. The Bertz CT molecular complexity index is 2180. The molecule has 2 aliphatic rings. The van der Waals surface area contributed by atoms with Crippen LogP contribution in [-0.2, 0) is 12.6 Å². The number of nitrogens with one attached hydrogen (secondary N) is 2. The van der Waals surface area contributed by atoms with E-state index in [2.05, 4.69) is 26.8 Å². The average Bonchev–Trinajstić information content (AvgIpc) is 3.68. The van der Waals surface area contributed by atoms with Crippen LogP contribution in [0.3, 0.4) is 0 Å². The van der Waals surface area contributed by atoms with Crippen LogP contribution in [0.15, 0.2) is 60.9 Å². The number of hydrogen-bond donors (Lipinski definition) is 2. The Balaban J connectivity index is 1.48. The lowest BCUT2D eigenvalue weighted by Gasteiger charge is -2.35. The Labute approximate surface area is 267 Å². The lowest BCUT2D eigenvalue weighted by molar-refractivity contribution is -0.137. The molecule has 2 aromatic heterocycles. The largest absolute Gasteiger partial charge is 0.416 e. The van der Waals surface area contributed by atoms with Gasteiger partial charge >= 0.3 is 12.2 Å². The number of carbonyl (C=O) groups is 2. The van der Waals surface area contributed by atoms with E-state index >= 15 is 0 Å². The molecule has 7 rings (SSSR count). The average molecular weight is 666 g/mol. The minimum absolute atomic E-state index is 0.0760. The standard InChI is InChI=1S/C31H17Cl2F4N7O2/c32-16-1-3-22(33)21(10-16)27-26-23(41-29(45)14-7-15(31(35,36)37)9-17(34)8-14)11-20(19-5-6-43(28(19)26)30(46)42-27)18-2-4-25-39-13-40-44(25)24(18)12-38/h1-4,7-11,13,27H,5-6H2,(H,41,45)(H,42,46). The maximum atomic E-state index is 14.3. The van der Waals surface area contributed by atoms with E-state index in [4.69, 9.17) is 23.2 Å². The fraction of sp³-hybridized carbons (Fsp3) is 0.129. The second-order valence-electron chi connectivity index (χ2n) is 10.6. The number of halogens is 6. The summed E-state index contributed by atoms with van der Waals surface area (Å²) in [5.74, 6) is -2.30. The van der Waals surface area contributed by atoms with Crippen molar-refractivity contribution in [1.82, 2.24) is 19.9 Å². The number of aromatic nitrogens is 3. The third-order valence-corrected chi connectivity index (χ3v) is 8.52. The van der Waals surface area contributed by atoms with E-state index in [9.17, 15) is 32.4 Å². The summed E-state index contributed by atoms with van der Waals surface area (Å²) in [6.07, 6.45) is -3.25. The van der Waals surface area contributed by atoms with Gasteiger partial charge in [0.05, 0.1) is 17.3 Å². The van der Waals surface area contributed by atoms with Gasteiger partial charge in [-0.2, -0.15) is 23.5 Å². The highest BCUT2D eigenvalue weighted by atomic mass is 35.5. The van der Waals surface area contributed by atoms with Gasteiger partial charge in [0.15, 0.2) is 11.3 Å². The third-order valence-electron chi connectivity index (χ3n) is 7.94. The lowest BCUT2D eigenvalue weighted by Crippen LogP contribution is -2.46. The van der Waals surface area contributed by atoms with Crippen LogP contribution in [0.25, 0.3) is 16.8 Å². The van der Waals surface area contributed by atoms with Crippen molar-refractivity contribution in [1.29, 1.82) is 5.26 Å². The molecule has 3 aromatic carbocycles. The van der Waals surface area contributed by atoms with Crippen LogP contribution in [0.2, 0.25) is 10.0 Å². The van der Waals surface area contributed by atoms with Crippen LogP contribution in [0.1, 0.15) is 44.3 Å². The normalized spacial score (nSPS) is 15.5. The van der Waals surface area contributed by atoms with Crippen molar-refractivity contribution in [3.05, 3.63) is 110 Å². The van der Waals surface area contributed by atoms with Gasteiger partial charge in [0.2, 0.25) is 0 Å². The molecular weight excluding hydrogens is 649 g/mol. The van der Waals surface area contributed by atoms with Gasteiger partial charge in [0, 0.05) is 39.0 Å². The molecule has 2 aliphatic heterocycles. The summed E-state index contributed by atoms with van der Waals surface area (Å²) >= 11 is 12.9. The van der Waals surface area contributed by atoms with Crippen LogP contribution in [0.4, 0.5) is 33.7 Å². The maximum Gasteiger partial charge on any atom is 0.416 e. The smallest absolute Gasteiger partial charge is 0.327 e. The van der Waals surface area contributed by atoms with E-state index in [-0.39, 0.29) is 22.9 Å². The van der Waals surface area contributed by atoms with Crippen LogP contribution in [0.5, 0.6) is 0 Å². The first-order valence-corrected chi connectivity index (χ1v) is 14.4. The minimum Gasteiger partial charge on any atom is -0.327 e. The zero-order valence-corrected chi connectivity index (χ0v) is 24.6. The minimum atomic E-state index is -4.91. The number of amides is 3. The van der Waals surface area contributed by atoms with E-state index in [1.807, 2.05) is 0 Å². The Hall–Kier alpha value is -5.19.